The van der Waals surface area contributed by atoms with Crippen LogP contribution in [0.3, 0.4) is 0 Å². The van der Waals surface area contributed by atoms with Crippen molar-refractivity contribution in [1.82, 2.24) is 9.47 Å². The molecule has 122 valence electrons. The van der Waals surface area contributed by atoms with Crippen LogP contribution < -0.4 is 0 Å². The normalized spacial score (nSPS) is 14.0. The number of rotatable bonds is 1. The van der Waals surface area contributed by atoms with Crippen LogP contribution in [0.25, 0.3) is 10.9 Å². The summed E-state index contributed by atoms with van der Waals surface area (Å²) >= 11 is 0. The Morgan fingerprint density at radius 1 is 1.04 bits per heavy atom. The number of halogens is 2. The number of carbonyl (C=O) groups excluding carboxylic acids is 1. The van der Waals surface area contributed by atoms with Crippen LogP contribution in [0.1, 0.15) is 21.5 Å². The number of amides is 1. The molecular weight excluding hydrogens is 310 g/mol. The Morgan fingerprint density at radius 2 is 1.75 bits per heavy atom. The van der Waals surface area contributed by atoms with E-state index in [0.29, 0.717) is 19.5 Å². The van der Waals surface area contributed by atoms with Crippen LogP contribution in [-0.2, 0) is 20.0 Å². The van der Waals surface area contributed by atoms with Gasteiger partial charge in [-0.2, -0.15) is 0 Å². The van der Waals surface area contributed by atoms with E-state index in [0.717, 1.165) is 34.2 Å². The maximum atomic E-state index is 14.0. The van der Waals surface area contributed by atoms with Gasteiger partial charge < -0.3 is 9.47 Å². The van der Waals surface area contributed by atoms with Crippen molar-refractivity contribution in [2.75, 3.05) is 6.54 Å². The van der Waals surface area contributed by atoms with E-state index < -0.39 is 23.1 Å². The number of hydrogen-bond donors (Lipinski definition) is 0. The second kappa shape index (κ2) is 5.44. The topological polar surface area (TPSA) is 25.2 Å². The first kappa shape index (κ1) is 14.9. The Hall–Kier alpha value is -2.69. The highest BCUT2D eigenvalue weighted by Crippen LogP contribution is 2.29. The van der Waals surface area contributed by atoms with Gasteiger partial charge in [-0.1, -0.05) is 18.2 Å². The van der Waals surface area contributed by atoms with E-state index in [-0.39, 0.29) is 0 Å². The van der Waals surface area contributed by atoms with Gasteiger partial charge in [-0.05, 0) is 35.7 Å². The Bertz CT molecular complexity index is 941. The number of nitrogens with zero attached hydrogens (tertiary/aromatic N) is 2. The monoisotopic (exact) mass is 326 g/mol. The van der Waals surface area contributed by atoms with E-state index in [1.807, 2.05) is 25.2 Å². The van der Waals surface area contributed by atoms with Gasteiger partial charge in [-0.3, -0.25) is 4.79 Å². The van der Waals surface area contributed by atoms with Gasteiger partial charge in [0, 0.05) is 37.2 Å². The predicted molar refractivity (Wildman–Crippen MR) is 87.7 cm³/mol. The van der Waals surface area contributed by atoms with Gasteiger partial charge in [0.2, 0.25) is 0 Å². The molecule has 5 heteroatoms. The minimum atomic E-state index is -0.819. The van der Waals surface area contributed by atoms with Crippen molar-refractivity contribution >= 4 is 16.8 Å². The molecule has 0 fully saturated rings. The molecule has 0 unspecified atom stereocenters. The molecule has 1 aromatic heterocycles. The summed E-state index contributed by atoms with van der Waals surface area (Å²) in [6.07, 6.45) is 2.72. The molecule has 4 rings (SSSR count). The van der Waals surface area contributed by atoms with Crippen LogP contribution in [0.15, 0.2) is 42.6 Å². The van der Waals surface area contributed by atoms with Gasteiger partial charge in [-0.15, -0.1) is 0 Å². The van der Waals surface area contributed by atoms with Crippen LogP contribution in [-0.4, -0.2) is 21.9 Å². The maximum Gasteiger partial charge on any atom is 0.260 e. The molecule has 0 atom stereocenters. The van der Waals surface area contributed by atoms with Gasteiger partial charge in [0.15, 0.2) is 0 Å². The minimum absolute atomic E-state index is 0.348. The van der Waals surface area contributed by atoms with Crippen molar-refractivity contribution in [3.05, 3.63) is 70.9 Å². The molecule has 0 saturated carbocycles. The fourth-order valence-electron chi connectivity index (χ4n) is 3.51. The van der Waals surface area contributed by atoms with E-state index >= 15 is 0 Å². The lowest BCUT2D eigenvalue weighted by atomic mass is 10.1. The van der Waals surface area contributed by atoms with Gasteiger partial charge >= 0.3 is 0 Å². The van der Waals surface area contributed by atoms with Crippen molar-refractivity contribution in [2.24, 2.45) is 7.05 Å². The minimum Gasteiger partial charge on any atom is -0.350 e. The smallest absolute Gasteiger partial charge is 0.260 e. The molecule has 2 heterocycles. The van der Waals surface area contributed by atoms with E-state index in [4.69, 9.17) is 0 Å². The summed E-state index contributed by atoms with van der Waals surface area (Å²) in [5, 5.41) is 1.14. The Balaban J connectivity index is 1.76. The highest BCUT2D eigenvalue weighted by atomic mass is 19.1. The van der Waals surface area contributed by atoms with Crippen LogP contribution in [0.2, 0.25) is 0 Å². The molecule has 2 aromatic carbocycles. The van der Waals surface area contributed by atoms with Gasteiger partial charge in [0.05, 0.1) is 0 Å². The maximum absolute atomic E-state index is 14.0. The van der Waals surface area contributed by atoms with Crippen molar-refractivity contribution in [2.45, 2.75) is 13.0 Å². The SMILES string of the molecule is Cn1cc2c3c(cccc31)CN(C(=O)c1c(F)cccc1F)CC2. The third-order valence-electron chi connectivity index (χ3n) is 4.66. The summed E-state index contributed by atoms with van der Waals surface area (Å²) in [5.74, 6) is -2.24. The molecule has 1 amide bonds. The first-order valence-corrected chi connectivity index (χ1v) is 7.85. The first-order valence-electron chi connectivity index (χ1n) is 7.85. The van der Waals surface area contributed by atoms with Crippen molar-refractivity contribution in [3.8, 4) is 0 Å². The van der Waals surface area contributed by atoms with Crippen molar-refractivity contribution < 1.29 is 13.6 Å². The zero-order valence-electron chi connectivity index (χ0n) is 13.2. The van der Waals surface area contributed by atoms with Gasteiger partial charge in [0.1, 0.15) is 17.2 Å². The lowest BCUT2D eigenvalue weighted by Crippen LogP contribution is -2.32. The third kappa shape index (κ3) is 2.19. The lowest BCUT2D eigenvalue weighted by molar-refractivity contribution is 0.0738. The standard InChI is InChI=1S/C19H16F2N2O/c1-22-10-13-8-9-23(11-12-4-2-7-16(22)17(12)13)19(24)18-14(20)5-3-6-15(18)21/h2-7,10H,8-9,11H2,1H3. The van der Waals surface area contributed by atoms with Crippen LogP contribution >= 0.6 is 0 Å². The quantitative estimate of drug-likeness (QED) is 0.670. The van der Waals surface area contributed by atoms with E-state index in [1.165, 1.54) is 11.0 Å². The highest BCUT2D eigenvalue weighted by Gasteiger charge is 2.26. The number of aromatic nitrogens is 1. The molecule has 3 aromatic rings. The van der Waals surface area contributed by atoms with Crippen LogP contribution in [0, 0.1) is 11.6 Å². The molecule has 1 aliphatic rings. The zero-order chi connectivity index (χ0) is 16.8. The fourth-order valence-corrected chi connectivity index (χ4v) is 3.51. The molecular formula is C19H16F2N2O. The van der Waals surface area contributed by atoms with E-state index in [2.05, 4.69) is 10.8 Å². The fraction of sp³-hybridized carbons (Fsp3) is 0.211. The van der Waals surface area contributed by atoms with Crippen LogP contribution in [0.5, 0.6) is 0 Å². The summed E-state index contributed by atoms with van der Waals surface area (Å²) in [6, 6.07) is 9.44. The molecule has 24 heavy (non-hydrogen) atoms. The summed E-state index contributed by atoms with van der Waals surface area (Å²) in [6.45, 7) is 0.779. The summed E-state index contributed by atoms with van der Waals surface area (Å²) < 4.78 is 30.0. The zero-order valence-corrected chi connectivity index (χ0v) is 13.2. The number of benzene rings is 2. The molecule has 3 nitrogen and oxygen atoms in total. The molecule has 0 bridgehead atoms. The average Bonchev–Trinajstić information content (AvgIpc) is 2.76. The Labute approximate surface area is 138 Å². The molecule has 0 radical (unpaired) electrons. The van der Waals surface area contributed by atoms with Crippen molar-refractivity contribution in [3.63, 3.8) is 0 Å². The van der Waals surface area contributed by atoms with Crippen LogP contribution in [0.4, 0.5) is 8.78 Å². The predicted octanol–water partition coefficient (Wildman–Crippen LogP) is 3.66. The molecule has 0 spiro atoms. The molecule has 0 saturated heterocycles. The van der Waals surface area contributed by atoms with E-state index in [9.17, 15) is 13.6 Å². The molecule has 1 aliphatic heterocycles. The second-order valence-electron chi connectivity index (χ2n) is 6.15. The molecule has 0 N–H and O–H groups in total. The summed E-state index contributed by atoms with van der Waals surface area (Å²) in [7, 11) is 1.99. The third-order valence-corrected chi connectivity index (χ3v) is 4.66. The summed E-state index contributed by atoms with van der Waals surface area (Å²) in [5.41, 5.74) is 2.80. The largest absolute Gasteiger partial charge is 0.350 e. The Kier molecular flexibility index (Phi) is 3.37. The highest BCUT2D eigenvalue weighted by molar-refractivity contribution is 5.96. The second-order valence-corrected chi connectivity index (χ2v) is 6.15. The number of aryl methyl sites for hydroxylation is 1. The van der Waals surface area contributed by atoms with Gasteiger partial charge in [0.25, 0.3) is 5.91 Å². The van der Waals surface area contributed by atoms with E-state index in [1.54, 1.807) is 0 Å². The Morgan fingerprint density at radius 3 is 2.50 bits per heavy atom. The average molecular weight is 326 g/mol. The number of carbonyl (C=O) groups is 1. The summed E-state index contributed by atoms with van der Waals surface area (Å²) in [4.78, 5) is 14.2. The first-order chi connectivity index (χ1) is 11.6. The van der Waals surface area contributed by atoms with Gasteiger partial charge in [-0.25, -0.2) is 8.78 Å². The number of hydrogen-bond acceptors (Lipinski definition) is 1. The molecule has 0 aliphatic carbocycles. The van der Waals surface area contributed by atoms with Crippen molar-refractivity contribution in [1.29, 1.82) is 0 Å². The lowest BCUT2D eigenvalue weighted by Gasteiger charge is -2.22.